The van der Waals surface area contributed by atoms with Gasteiger partial charge in [-0.1, -0.05) is 36.5 Å². The summed E-state index contributed by atoms with van der Waals surface area (Å²) in [5, 5.41) is 13.4. The second-order valence-electron chi connectivity index (χ2n) is 4.72. The molecule has 1 aromatic carbocycles. The van der Waals surface area contributed by atoms with Gasteiger partial charge >= 0.3 is 0 Å². The number of anilines is 1. The van der Waals surface area contributed by atoms with E-state index in [1.165, 1.54) is 16.7 Å². The van der Waals surface area contributed by atoms with Gasteiger partial charge in [0, 0.05) is 24.7 Å². The summed E-state index contributed by atoms with van der Waals surface area (Å²) in [5.74, 6) is -0.0356. The summed E-state index contributed by atoms with van der Waals surface area (Å²) in [7, 11) is 0. The van der Waals surface area contributed by atoms with Crippen molar-refractivity contribution >= 4 is 33.3 Å². The Morgan fingerprint density at radius 2 is 2.14 bits per heavy atom. The number of para-hydroxylation sites is 1. The maximum absolute atomic E-state index is 12.0. The van der Waals surface area contributed by atoms with E-state index in [0.717, 1.165) is 16.9 Å². The number of fused-ring (bicyclic) bond motifs is 1. The molecule has 0 fully saturated rings. The minimum absolute atomic E-state index is 0.0356. The number of hydrogen-bond acceptors (Lipinski definition) is 4. The largest absolute Gasteiger partial charge is 0.347 e. The number of nitrogens with zero attached hydrogens (tertiary/aromatic N) is 3. The van der Waals surface area contributed by atoms with E-state index in [9.17, 15) is 4.79 Å². The third kappa shape index (κ3) is 3.11. The van der Waals surface area contributed by atoms with Crippen molar-refractivity contribution < 1.29 is 4.79 Å². The maximum atomic E-state index is 12.0. The normalized spacial score (nSPS) is 10.9. The topological polar surface area (TPSA) is 59.8 Å². The predicted octanol–water partition coefficient (Wildman–Crippen LogP) is 3.08. The van der Waals surface area contributed by atoms with Crippen LogP contribution in [0.25, 0.3) is 10.9 Å². The number of carbonyl (C=O) groups excluding carboxylic acids is 1. The third-order valence-electron chi connectivity index (χ3n) is 3.28. The van der Waals surface area contributed by atoms with E-state index in [-0.39, 0.29) is 5.91 Å². The molecule has 21 heavy (non-hydrogen) atoms. The number of amides is 1. The lowest BCUT2D eigenvalue weighted by Crippen LogP contribution is -2.14. The van der Waals surface area contributed by atoms with Crippen LogP contribution in [0.2, 0.25) is 0 Å². The van der Waals surface area contributed by atoms with Gasteiger partial charge in [-0.3, -0.25) is 4.79 Å². The summed E-state index contributed by atoms with van der Waals surface area (Å²) in [4.78, 5) is 12.0. The van der Waals surface area contributed by atoms with Crippen molar-refractivity contribution in [3.8, 4) is 0 Å². The molecule has 2 aromatic heterocycles. The van der Waals surface area contributed by atoms with Gasteiger partial charge in [-0.05, 0) is 23.9 Å². The van der Waals surface area contributed by atoms with Crippen LogP contribution in [0.15, 0.2) is 36.5 Å². The summed E-state index contributed by atoms with van der Waals surface area (Å²) in [6.45, 7) is 2.67. The number of hydrogen-bond donors (Lipinski definition) is 1. The highest BCUT2D eigenvalue weighted by atomic mass is 32.1. The van der Waals surface area contributed by atoms with Gasteiger partial charge in [-0.15, -0.1) is 10.2 Å². The molecule has 0 aliphatic heterocycles. The highest BCUT2D eigenvalue weighted by Crippen LogP contribution is 2.17. The SMILES string of the molecule is CCc1nnc(NC(=O)CCn2ccc3ccccc32)s1. The fourth-order valence-electron chi connectivity index (χ4n) is 2.19. The average Bonchev–Trinajstić information content (AvgIpc) is 3.11. The Kier molecular flexibility index (Phi) is 3.96. The second-order valence-corrected chi connectivity index (χ2v) is 5.78. The van der Waals surface area contributed by atoms with Crippen LogP contribution in [0, 0.1) is 0 Å². The molecule has 0 aliphatic rings. The van der Waals surface area contributed by atoms with Gasteiger partial charge < -0.3 is 9.88 Å². The highest BCUT2D eigenvalue weighted by Gasteiger charge is 2.08. The standard InChI is InChI=1S/C15H16N4OS/c1-2-14-17-18-15(21-14)16-13(20)8-10-19-9-7-11-5-3-4-6-12(11)19/h3-7,9H,2,8,10H2,1H3,(H,16,18,20). The van der Waals surface area contributed by atoms with E-state index in [1.54, 1.807) is 0 Å². The fourth-order valence-corrected chi connectivity index (χ4v) is 2.88. The molecule has 0 spiro atoms. The summed E-state index contributed by atoms with van der Waals surface area (Å²) in [6.07, 6.45) is 3.26. The molecule has 3 rings (SSSR count). The zero-order valence-corrected chi connectivity index (χ0v) is 12.6. The Morgan fingerprint density at radius 3 is 2.95 bits per heavy atom. The molecule has 0 bridgehead atoms. The van der Waals surface area contributed by atoms with E-state index >= 15 is 0 Å². The monoisotopic (exact) mass is 300 g/mol. The third-order valence-corrected chi connectivity index (χ3v) is 4.26. The molecule has 0 radical (unpaired) electrons. The van der Waals surface area contributed by atoms with Gasteiger partial charge in [-0.25, -0.2) is 0 Å². The maximum Gasteiger partial charge on any atom is 0.227 e. The number of benzene rings is 1. The number of aromatic nitrogens is 3. The Balaban J connectivity index is 1.60. The first-order valence-electron chi connectivity index (χ1n) is 6.92. The number of carbonyl (C=O) groups is 1. The minimum atomic E-state index is -0.0356. The van der Waals surface area contributed by atoms with Crippen LogP contribution >= 0.6 is 11.3 Å². The van der Waals surface area contributed by atoms with E-state index in [0.29, 0.717) is 18.1 Å². The summed E-state index contributed by atoms with van der Waals surface area (Å²) in [6, 6.07) is 10.2. The number of nitrogens with one attached hydrogen (secondary N) is 1. The van der Waals surface area contributed by atoms with Crippen molar-refractivity contribution in [1.29, 1.82) is 0 Å². The van der Waals surface area contributed by atoms with E-state index in [1.807, 2.05) is 25.3 Å². The second kappa shape index (κ2) is 6.05. The summed E-state index contributed by atoms with van der Waals surface area (Å²) in [5.41, 5.74) is 1.15. The van der Waals surface area contributed by atoms with Crippen molar-refractivity contribution in [3.05, 3.63) is 41.5 Å². The van der Waals surface area contributed by atoms with Gasteiger partial charge in [-0.2, -0.15) is 0 Å². The van der Waals surface area contributed by atoms with Crippen LogP contribution in [0.3, 0.4) is 0 Å². The van der Waals surface area contributed by atoms with Gasteiger partial charge in [0.2, 0.25) is 11.0 Å². The number of aryl methyl sites for hydroxylation is 2. The molecule has 5 nitrogen and oxygen atoms in total. The first kappa shape index (κ1) is 13.8. The smallest absolute Gasteiger partial charge is 0.227 e. The molecule has 0 aliphatic carbocycles. The number of rotatable bonds is 5. The molecule has 108 valence electrons. The Morgan fingerprint density at radius 1 is 1.29 bits per heavy atom. The molecule has 0 saturated carbocycles. The molecule has 2 heterocycles. The first-order valence-corrected chi connectivity index (χ1v) is 7.74. The molecular formula is C15H16N4OS. The lowest BCUT2D eigenvalue weighted by Gasteiger charge is -2.05. The Hall–Kier alpha value is -2.21. The van der Waals surface area contributed by atoms with Crippen LogP contribution < -0.4 is 5.32 Å². The Bertz CT molecular complexity index is 762. The van der Waals surface area contributed by atoms with Crippen molar-refractivity contribution in [1.82, 2.24) is 14.8 Å². The average molecular weight is 300 g/mol. The lowest BCUT2D eigenvalue weighted by atomic mass is 10.2. The summed E-state index contributed by atoms with van der Waals surface area (Å²) >= 11 is 1.43. The van der Waals surface area contributed by atoms with Crippen molar-refractivity contribution in [2.24, 2.45) is 0 Å². The summed E-state index contributed by atoms with van der Waals surface area (Å²) < 4.78 is 2.09. The van der Waals surface area contributed by atoms with Crippen LogP contribution in [0.5, 0.6) is 0 Å². The molecule has 1 N–H and O–H groups in total. The van der Waals surface area contributed by atoms with E-state index in [2.05, 4.69) is 38.3 Å². The van der Waals surface area contributed by atoms with E-state index < -0.39 is 0 Å². The van der Waals surface area contributed by atoms with Gasteiger partial charge in [0.15, 0.2) is 0 Å². The molecular weight excluding hydrogens is 284 g/mol. The van der Waals surface area contributed by atoms with Crippen LogP contribution in [0.4, 0.5) is 5.13 Å². The van der Waals surface area contributed by atoms with Crippen molar-refractivity contribution in [2.45, 2.75) is 26.3 Å². The fraction of sp³-hybridized carbons (Fsp3) is 0.267. The molecule has 6 heteroatoms. The first-order chi connectivity index (χ1) is 10.3. The minimum Gasteiger partial charge on any atom is -0.347 e. The molecule has 0 saturated heterocycles. The van der Waals surface area contributed by atoms with Gasteiger partial charge in [0.05, 0.1) is 0 Å². The predicted molar refractivity (Wildman–Crippen MR) is 84.5 cm³/mol. The van der Waals surface area contributed by atoms with E-state index in [4.69, 9.17) is 0 Å². The molecule has 0 unspecified atom stereocenters. The lowest BCUT2D eigenvalue weighted by molar-refractivity contribution is -0.116. The molecule has 3 aromatic rings. The van der Waals surface area contributed by atoms with Gasteiger partial charge in [0.1, 0.15) is 5.01 Å². The zero-order chi connectivity index (χ0) is 14.7. The quantitative estimate of drug-likeness (QED) is 0.787. The molecule has 0 atom stereocenters. The van der Waals surface area contributed by atoms with Crippen LogP contribution in [-0.2, 0) is 17.8 Å². The van der Waals surface area contributed by atoms with Crippen molar-refractivity contribution in [2.75, 3.05) is 5.32 Å². The zero-order valence-electron chi connectivity index (χ0n) is 11.7. The van der Waals surface area contributed by atoms with Crippen LogP contribution in [-0.4, -0.2) is 20.7 Å². The molecule has 1 amide bonds. The Labute approximate surface area is 126 Å². The van der Waals surface area contributed by atoms with Crippen molar-refractivity contribution in [3.63, 3.8) is 0 Å². The highest BCUT2D eigenvalue weighted by molar-refractivity contribution is 7.15. The van der Waals surface area contributed by atoms with Gasteiger partial charge in [0.25, 0.3) is 0 Å². The van der Waals surface area contributed by atoms with Crippen LogP contribution in [0.1, 0.15) is 18.4 Å².